The zero-order chi connectivity index (χ0) is 29.6. The van der Waals surface area contributed by atoms with Crippen molar-refractivity contribution in [2.75, 3.05) is 11.9 Å². The van der Waals surface area contributed by atoms with Crippen LogP contribution in [0.2, 0.25) is 0 Å². The number of aliphatic hydroxyl groups excluding tert-OH is 2. The molecule has 1 aromatic heterocycles. The number of rotatable bonds is 6. The van der Waals surface area contributed by atoms with Crippen LogP contribution in [0.4, 0.5) is 5.13 Å². The van der Waals surface area contributed by atoms with Crippen molar-refractivity contribution in [1.82, 2.24) is 10.3 Å². The standard InChI is InChI=1S/C33H47N3O4S/c1-31(2,3)21-13-11-20(12-14-21)29(40)36-30-35-28-23(17-27(39)34-22-9-7-6-8-10-22)32(4)16-15-26(38)33(5,19-37)25(32)18-24(28)41-30/h11-14,22-23,25-26,37-38H,6-10,15-19H2,1-5H3,(H,34,39)(H,35,36,40). The van der Waals surface area contributed by atoms with Gasteiger partial charge in [0, 0.05) is 34.2 Å². The predicted octanol–water partition coefficient (Wildman–Crippen LogP) is 5.95. The third kappa shape index (κ3) is 5.84. The number of aromatic nitrogens is 1. The Labute approximate surface area is 248 Å². The van der Waals surface area contributed by atoms with Crippen molar-refractivity contribution in [1.29, 1.82) is 0 Å². The molecule has 0 bridgehead atoms. The number of carbonyl (C=O) groups excluding carboxylic acids is 2. The second kappa shape index (κ2) is 11.4. The molecule has 1 heterocycles. The van der Waals surface area contributed by atoms with Crippen LogP contribution in [0.1, 0.15) is 118 Å². The van der Waals surface area contributed by atoms with Crippen LogP contribution < -0.4 is 10.6 Å². The van der Waals surface area contributed by atoms with Gasteiger partial charge in [-0.1, -0.05) is 66.0 Å². The molecule has 5 unspecified atom stereocenters. The Hall–Kier alpha value is -2.29. The van der Waals surface area contributed by atoms with Crippen molar-refractivity contribution < 1.29 is 19.8 Å². The topological polar surface area (TPSA) is 112 Å². The highest BCUT2D eigenvalue weighted by atomic mass is 32.1. The molecule has 224 valence electrons. The van der Waals surface area contributed by atoms with E-state index < -0.39 is 11.5 Å². The number of hydrogen-bond acceptors (Lipinski definition) is 6. The molecule has 3 aliphatic rings. The van der Waals surface area contributed by atoms with Gasteiger partial charge >= 0.3 is 0 Å². The maximum absolute atomic E-state index is 13.5. The molecule has 5 atom stereocenters. The Morgan fingerprint density at radius 3 is 2.39 bits per heavy atom. The van der Waals surface area contributed by atoms with E-state index in [0.29, 0.717) is 30.0 Å². The van der Waals surface area contributed by atoms with Crippen molar-refractivity contribution in [3.8, 4) is 0 Å². The van der Waals surface area contributed by atoms with Gasteiger partial charge in [0.05, 0.1) is 18.4 Å². The second-order valence-corrected chi connectivity index (χ2v) is 15.3. The zero-order valence-electron chi connectivity index (χ0n) is 25.3. The minimum atomic E-state index is -0.676. The average Bonchev–Trinajstić information content (AvgIpc) is 3.34. The fourth-order valence-corrected chi connectivity index (χ4v) is 8.77. The maximum Gasteiger partial charge on any atom is 0.257 e. The van der Waals surface area contributed by atoms with E-state index in [1.807, 2.05) is 31.2 Å². The van der Waals surface area contributed by atoms with Crippen LogP contribution in [-0.4, -0.2) is 45.8 Å². The van der Waals surface area contributed by atoms with E-state index in [1.54, 1.807) is 0 Å². The van der Waals surface area contributed by atoms with Crippen molar-refractivity contribution >= 4 is 28.3 Å². The molecular weight excluding hydrogens is 534 g/mol. The molecular formula is C33H47N3O4S. The zero-order valence-corrected chi connectivity index (χ0v) is 26.1. The number of amides is 2. The van der Waals surface area contributed by atoms with Gasteiger partial charge in [0.25, 0.3) is 5.91 Å². The number of hydrogen-bond donors (Lipinski definition) is 4. The van der Waals surface area contributed by atoms with E-state index in [0.717, 1.165) is 48.2 Å². The molecule has 4 N–H and O–H groups in total. The summed E-state index contributed by atoms with van der Waals surface area (Å²) in [6.45, 7) is 10.5. The third-order valence-corrected chi connectivity index (χ3v) is 11.5. The molecule has 2 fully saturated rings. The molecule has 0 aliphatic heterocycles. The van der Waals surface area contributed by atoms with E-state index in [2.05, 4.69) is 38.3 Å². The van der Waals surface area contributed by atoms with E-state index in [9.17, 15) is 19.8 Å². The first-order valence-corrected chi connectivity index (χ1v) is 16.2. The Balaban J connectivity index is 1.43. The maximum atomic E-state index is 13.5. The quantitative estimate of drug-likeness (QED) is 0.337. The lowest BCUT2D eigenvalue weighted by Crippen LogP contribution is -2.57. The van der Waals surface area contributed by atoms with Crippen LogP contribution in [0.15, 0.2) is 24.3 Å². The number of nitrogens with one attached hydrogen (secondary N) is 2. The first-order valence-electron chi connectivity index (χ1n) is 15.3. The highest BCUT2D eigenvalue weighted by Crippen LogP contribution is 2.62. The molecule has 0 spiro atoms. The predicted molar refractivity (Wildman–Crippen MR) is 163 cm³/mol. The average molecular weight is 582 g/mol. The van der Waals surface area contributed by atoms with Gasteiger partial charge in [-0.05, 0) is 66.5 Å². The number of nitrogens with zero attached hydrogens (tertiary/aromatic N) is 1. The summed E-state index contributed by atoms with van der Waals surface area (Å²) >= 11 is 1.46. The van der Waals surface area contributed by atoms with Gasteiger partial charge in [0.2, 0.25) is 5.91 Å². The summed E-state index contributed by atoms with van der Waals surface area (Å²) in [6.07, 6.45) is 7.31. The van der Waals surface area contributed by atoms with Crippen molar-refractivity contribution in [2.24, 2.45) is 16.7 Å². The van der Waals surface area contributed by atoms with Gasteiger partial charge in [-0.2, -0.15) is 0 Å². The van der Waals surface area contributed by atoms with Gasteiger partial charge < -0.3 is 15.5 Å². The molecule has 0 saturated heterocycles. The Bertz CT molecular complexity index is 1260. The Morgan fingerprint density at radius 1 is 1.07 bits per heavy atom. The summed E-state index contributed by atoms with van der Waals surface area (Å²) in [7, 11) is 0. The normalized spacial score (nSPS) is 30.3. The SMILES string of the molecule is CC(C)(C)c1ccc(C(=O)Nc2nc3c(s2)CC2C(C)(CO)C(O)CCC2(C)C3CC(=O)NC2CCCCC2)cc1. The van der Waals surface area contributed by atoms with Crippen molar-refractivity contribution in [3.63, 3.8) is 0 Å². The van der Waals surface area contributed by atoms with Crippen LogP contribution in [0, 0.1) is 16.7 Å². The van der Waals surface area contributed by atoms with E-state index in [-0.39, 0.29) is 47.1 Å². The third-order valence-electron chi connectivity index (χ3n) is 10.5. The molecule has 5 rings (SSSR count). The van der Waals surface area contributed by atoms with Gasteiger partial charge in [-0.15, -0.1) is 11.3 Å². The highest BCUT2D eigenvalue weighted by Gasteiger charge is 2.59. The minimum absolute atomic E-state index is 0.00515. The molecule has 8 heteroatoms. The molecule has 3 aliphatic carbocycles. The summed E-state index contributed by atoms with van der Waals surface area (Å²) in [5.74, 6) is -0.338. The highest BCUT2D eigenvalue weighted by molar-refractivity contribution is 7.15. The Kier molecular flexibility index (Phi) is 8.40. The molecule has 1 aromatic carbocycles. The lowest BCUT2D eigenvalue weighted by molar-refractivity contribution is -0.144. The lowest BCUT2D eigenvalue weighted by atomic mass is 9.47. The van der Waals surface area contributed by atoms with E-state index >= 15 is 0 Å². The number of fused-ring (bicyclic) bond motifs is 2. The number of anilines is 1. The number of aliphatic hydroxyl groups is 2. The fourth-order valence-electron chi connectivity index (χ4n) is 7.71. The fraction of sp³-hybridized carbons (Fsp3) is 0.667. The summed E-state index contributed by atoms with van der Waals surface area (Å²) < 4.78 is 0. The van der Waals surface area contributed by atoms with Gasteiger partial charge in [0.15, 0.2) is 5.13 Å². The second-order valence-electron chi connectivity index (χ2n) is 14.2. The first-order chi connectivity index (χ1) is 19.3. The number of benzene rings is 1. The molecule has 0 radical (unpaired) electrons. The minimum Gasteiger partial charge on any atom is -0.396 e. The van der Waals surface area contributed by atoms with Gasteiger partial charge in [-0.3, -0.25) is 14.9 Å². The molecule has 2 aromatic rings. The molecule has 2 saturated carbocycles. The van der Waals surface area contributed by atoms with Gasteiger partial charge in [-0.25, -0.2) is 4.98 Å². The van der Waals surface area contributed by atoms with Crippen LogP contribution in [-0.2, 0) is 16.6 Å². The summed E-state index contributed by atoms with van der Waals surface area (Å²) in [5, 5.41) is 28.4. The summed E-state index contributed by atoms with van der Waals surface area (Å²) in [4.78, 5) is 32.7. The summed E-state index contributed by atoms with van der Waals surface area (Å²) in [5.41, 5.74) is 1.65. The van der Waals surface area contributed by atoms with Crippen LogP contribution in [0.5, 0.6) is 0 Å². The van der Waals surface area contributed by atoms with E-state index in [4.69, 9.17) is 4.98 Å². The monoisotopic (exact) mass is 581 g/mol. The molecule has 2 amide bonds. The first kappa shape index (κ1) is 30.2. The largest absolute Gasteiger partial charge is 0.396 e. The molecule has 41 heavy (non-hydrogen) atoms. The van der Waals surface area contributed by atoms with Crippen LogP contribution in [0.25, 0.3) is 0 Å². The summed E-state index contributed by atoms with van der Waals surface area (Å²) in [6, 6.07) is 7.93. The van der Waals surface area contributed by atoms with Crippen molar-refractivity contribution in [3.05, 3.63) is 46.0 Å². The van der Waals surface area contributed by atoms with Crippen molar-refractivity contribution in [2.45, 2.75) is 116 Å². The number of thiazole rings is 1. The smallest absolute Gasteiger partial charge is 0.257 e. The van der Waals surface area contributed by atoms with Crippen LogP contribution >= 0.6 is 11.3 Å². The number of carbonyl (C=O) groups is 2. The molecule has 7 nitrogen and oxygen atoms in total. The lowest BCUT2D eigenvalue weighted by Gasteiger charge is -2.58. The van der Waals surface area contributed by atoms with Crippen LogP contribution in [0.3, 0.4) is 0 Å². The van der Waals surface area contributed by atoms with E-state index in [1.165, 1.54) is 17.8 Å². The van der Waals surface area contributed by atoms with Gasteiger partial charge in [0.1, 0.15) is 0 Å². The Morgan fingerprint density at radius 2 is 1.76 bits per heavy atom.